The summed E-state index contributed by atoms with van der Waals surface area (Å²) in [6.07, 6.45) is 1.34. The maximum Gasteiger partial charge on any atom is 0.329 e. The summed E-state index contributed by atoms with van der Waals surface area (Å²) in [4.78, 5) is 47.2. The highest BCUT2D eigenvalue weighted by Crippen LogP contribution is 2.07. The van der Waals surface area contributed by atoms with E-state index in [4.69, 9.17) is 9.15 Å². The molecule has 9 nitrogen and oxygen atoms in total. The van der Waals surface area contributed by atoms with Crippen LogP contribution in [0.5, 0.6) is 0 Å². The number of esters is 1. The molecule has 1 heterocycles. The van der Waals surface area contributed by atoms with Crippen LogP contribution < -0.4 is 16.0 Å². The van der Waals surface area contributed by atoms with Crippen molar-refractivity contribution < 1.29 is 28.3 Å². The highest BCUT2D eigenvalue weighted by molar-refractivity contribution is 5.95. The van der Waals surface area contributed by atoms with Crippen molar-refractivity contribution in [3.8, 4) is 0 Å². The van der Waals surface area contributed by atoms with E-state index in [0.717, 1.165) is 0 Å². The Morgan fingerprint density at radius 2 is 1.77 bits per heavy atom. The fourth-order valence-corrected chi connectivity index (χ4v) is 1.95. The minimum absolute atomic E-state index is 0.0400. The summed E-state index contributed by atoms with van der Waals surface area (Å²) in [5, 5.41) is 7.47. The second-order valence-corrected chi connectivity index (χ2v) is 6.28. The van der Waals surface area contributed by atoms with Gasteiger partial charge in [0.05, 0.1) is 12.8 Å². The van der Waals surface area contributed by atoms with Gasteiger partial charge in [0.1, 0.15) is 6.04 Å². The number of amides is 3. The zero-order valence-corrected chi connectivity index (χ0v) is 15.3. The Labute approximate surface area is 151 Å². The molecule has 144 valence electrons. The van der Waals surface area contributed by atoms with Crippen LogP contribution in [0.1, 0.15) is 38.2 Å². The molecule has 0 spiro atoms. The monoisotopic (exact) mass is 367 g/mol. The maximum absolute atomic E-state index is 12.2. The van der Waals surface area contributed by atoms with Gasteiger partial charge in [0.15, 0.2) is 12.4 Å². The third-order valence-corrected chi connectivity index (χ3v) is 3.19. The molecule has 0 saturated carbocycles. The summed E-state index contributed by atoms with van der Waals surface area (Å²) < 4.78 is 9.90. The number of nitrogens with one attached hydrogen (secondary N) is 3. The predicted octanol–water partition coefficient (Wildman–Crippen LogP) is 0.218. The third kappa shape index (κ3) is 7.37. The SMILES string of the molecule is CC(C)NC(=O)CNC(=O)COC(=O)[C@@H](NC(=O)c1ccco1)C(C)C. The average Bonchev–Trinajstić information content (AvgIpc) is 3.09. The van der Waals surface area contributed by atoms with Crippen LogP contribution in [0.15, 0.2) is 22.8 Å². The van der Waals surface area contributed by atoms with Crippen LogP contribution in [-0.4, -0.2) is 48.9 Å². The van der Waals surface area contributed by atoms with Gasteiger partial charge in [-0.05, 0) is 31.9 Å². The molecule has 0 aliphatic heterocycles. The summed E-state index contributed by atoms with van der Waals surface area (Å²) >= 11 is 0. The largest absolute Gasteiger partial charge is 0.459 e. The Morgan fingerprint density at radius 3 is 2.31 bits per heavy atom. The van der Waals surface area contributed by atoms with Crippen molar-refractivity contribution in [2.24, 2.45) is 5.92 Å². The lowest BCUT2D eigenvalue weighted by Crippen LogP contribution is -2.46. The van der Waals surface area contributed by atoms with E-state index in [1.807, 2.05) is 0 Å². The van der Waals surface area contributed by atoms with Crippen LogP contribution in [0.4, 0.5) is 0 Å². The number of furan rings is 1. The number of hydrogen-bond acceptors (Lipinski definition) is 6. The minimum atomic E-state index is -0.940. The van der Waals surface area contributed by atoms with E-state index < -0.39 is 30.4 Å². The number of ether oxygens (including phenoxy) is 1. The Kier molecular flexibility index (Phi) is 8.33. The first-order chi connectivity index (χ1) is 12.2. The smallest absolute Gasteiger partial charge is 0.329 e. The number of hydrogen-bond donors (Lipinski definition) is 3. The Morgan fingerprint density at radius 1 is 1.08 bits per heavy atom. The third-order valence-electron chi connectivity index (χ3n) is 3.19. The van der Waals surface area contributed by atoms with Crippen molar-refractivity contribution in [2.75, 3.05) is 13.2 Å². The Bertz CT molecular complexity index is 624. The van der Waals surface area contributed by atoms with Crippen LogP contribution in [0.3, 0.4) is 0 Å². The molecule has 0 unspecified atom stereocenters. The molecular formula is C17H25N3O6. The molecule has 1 atom stereocenters. The Balaban J connectivity index is 2.46. The molecule has 0 saturated heterocycles. The van der Waals surface area contributed by atoms with Crippen LogP contribution in [0, 0.1) is 5.92 Å². The van der Waals surface area contributed by atoms with E-state index in [1.165, 1.54) is 12.3 Å². The maximum atomic E-state index is 12.2. The predicted molar refractivity (Wildman–Crippen MR) is 92.0 cm³/mol. The van der Waals surface area contributed by atoms with Gasteiger partial charge < -0.3 is 25.1 Å². The molecule has 1 aromatic rings. The van der Waals surface area contributed by atoms with Gasteiger partial charge in [0.25, 0.3) is 11.8 Å². The quantitative estimate of drug-likeness (QED) is 0.536. The van der Waals surface area contributed by atoms with Gasteiger partial charge in [-0.1, -0.05) is 13.8 Å². The molecule has 0 aliphatic carbocycles. The molecule has 0 radical (unpaired) electrons. The van der Waals surface area contributed by atoms with Gasteiger partial charge in [0.2, 0.25) is 5.91 Å². The molecule has 0 aliphatic rings. The van der Waals surface area contributed by atoms with Gasteiger partial charge in [0, 0.05) is 6.04 Å². The van der Waals surface area contributed by atoms with Crippen molar-refractivity contribution in [2.45, 2.75) is 39.8 Å². The molecule has 3 N–H and O–H groups in total. The van der Waals surface area contributed by atoms with Crippen molar-refractivity contribution in [3.63, 3.8) is 0 Å². The topological polar surface area (TPSA) is 127 Å². The summed E-state index contributed by atoms with van der Waals surface area (Å²) in [5.41, 5.74) is 0. The lowest BCUT2D eigenvalue weighted by Gasteiger charge is -2.20. The van der Waals surface area contributed by atoms with E-state index in [9.17, 15) is 19.2 Å². The van der Waals surface area contributed by atoms with Crippen molar-refractivity contribution >= 4 is 23.7 Å². The van der Waals surface area contributed by atoms with E-state index in [1.54, 1.807) is 33.8 Å². The summed E-state index contributed by atoms with van der Waals surface area (Å²) in [7, 11) is 0. The fraction of sp³-hybridized carbons (Fsp3) is 0.529. The minimum Gasteiger partial charge on any atom is -0.459 e. The number of rotatable bonds is 9. The van der Waals surface area contributed by atoms with E-state index in [2.05, 4.69) is 16.0 Å². The van der Waals surface area contributed by atoms with Gasteiger partial charge in [-0.25, -0.2) is 4.79 Å². The van der Waals surface area contributed by atoms with Crippen LogP contribution in [0.25, 0.3) is 0 Å². The second-order valence-electron chi connectivity index (χ2n) is 6.28. The van der Waals surface area contributed by atoms with Gasteiger partial charge in [-0.15, -0.1) is 0 Å². The molecule has 0 aromatic carbocycles. The number of carbonyl (C=O) groups excluding carboxylic acids is 4. The van der Waals surface area contributed by atoms with Crippen LogP contribution in [-0.2, 0) is 19.1 Å². The first-order valence-electron chi connectivity index (χ1n) is 8.27. The average molecular weight is 367 g/mol. The first-order valence-corrected chi connectivity index (χ1v) is 8.27. The lowest BCUT2D eigenvalue weighted by atomic mass is 10.0. The first kappa shape index (κ1) is 21.2. The van der Waals surface area contributed by atoms with Crippen LogP contribution in [0.2, 0.25) is 0 Å². The highest BCUT2D eigenvalue weighted by Gasteiger charge is 2.27. The normalized spacial score (nSPS) is 11.8. The Hall–Kier alpha value is -2.84. The molecule has 0 bridgehead atoms. The summed E-state index contributed by atoms with van der Waals surface area (Å²) in [5.74, 6) is -2.46. The van der Waals surface area contributed by atoms with Gasteiger partial charge in [-0.3, -0.25) is 14.4 Å². The van der Waals surface area contributed by atoms with E-state index in [0.29, 0.717) is 0 Å². The molecule has 1 aromatic heterocycles. The summed E-state index contributed by atoms with van der Waals surface area (Å²) in [6.45, 7) is 6.29. The van der Waals surface area contributed by atoms with Crippen molar-refractivity contribution in [1.29, 1.82) is 0 Å². The van der Waals surface area contributed by atoms with E-state index in [-0.39, 0.29) is 30.2 Å². The lowest BCUT2D eigenvalue weighted by molar-refractivity contribution is -0.151. The summed E-state index contributed by atoms with van der Waals surface area (Å²) in [6, 6.07) is 2.04. The van der Waals surface area contributed by atoms with Crippen molar-refractivity contribution in [1.82, 2.24) is 16.0 Å². The molecule has 26 heavy (non-hydrogen) atoms. The van der Waals surface area contributed by atoms with Gasteiger partial charge >= 0.3 is 5.97 Å². The number of carbonyl (C=O) groups is 4. The standard InChI is InChI=1S/C17H25N3O6/c1-10(2)15(20-16(23)12-6-5-7-25-12)17(24)26-9-14(22)18-8-13(21)19-11(3)4/h5-7,10-11,15H,8-9H2,1-4H3,(H,18,22)(H,19,21)(H,20,23)/t15-/m0/s1. The molecular weight excluding hydrogens is 342 g/mol. The van der Waals surface area contributed by atoms with Gasteiger partial charge in [-0.2, -0.15) is 0 Å². The molecule has 0 fully saturated rings. The zero-order valence-electron chi connectivity index (χ0n) is 15.3. The molecule has 9 heteroatoms. The van der Waals surface area contributed by atoms with E-state index >= 15 is 0 Å². The molecule has 1 rings (SSSR count). The molecule has 3 amide bonds. The van der Waals surface area contributed by atoms with Crippen molar-refractivity contribution in [3.05, 3.63) is 24.2 Å². The fourth-order valence-electron chi connectivity index (χ4n) is 1.95. The highest BCUT2D eigenvalue weighted by atomic mass is 16.5. The second kappa shape index (κ2) is 10.2. The van der Waals surface area contributed by atoms with Crippen LogP contribution >= 0.6 is 0 Å². The zero-order chi connectivity index (χ0) is 19.7.